The molecule has 7 heteroatoms. The van der Waals surface area contributed by atoms with Crippen LogP contribution >= 0.6 is 0 Å². The molecule has 1 saturated heterocycles. The highest BCUT2D eigenvalue weighted by atomic mass is 16.4. The van der Waals surface area contributed by atoms with Gasteiger partial charge in [0.15, 0.2) is 0 Å². The molecule has 1 aliphatic rings. The van der Waals surface area contributed by atoms with Crippen LogP contribution in [0.3, 0.4) is 0 Å². The molecule has 1 rings (SSSR count). The van der Waals surface area contributed by atoms with E-state index in [1.807, 2.05) is 20.8 Å². The summed E-state index contributed by atoms with van der Waals surface area (Å²) in [7, 11) is 0. The number of rotatable bonds is 8. The third kappa shape index (κ3) is 7.19. The molecular weight excluding hydrogens is 310 g/mol. The zero-order chi connectivity index (χ0) is 18.1. The molecule has 1 fully saturated rings. The molecule has 0 aliphatic carbocycles. The second kappa shape index (κ2) is 10.2. The normalized spacial score (nSPS) is 19.0. The number of carbonyl (C=O) groups is 3. The van der Waals surface area contributed by atoms with E-state index in [2.05, 4.69) is 10.6 Å². The van der Waals surface area contributed by atoms with Crippen molar-refractivity contribution < 1.29 is 19.5 Å². The first-order valence-electron chi connectivity index (χ1n) is 8.88. The average Bonchev–Trinajstić information content (AvgIpc) is 2.52. The molecule has 1 heterocycles. The van der Waals surface area contributed by atoms with Crippen LogP contribution in [-0.2, 0) is 9.59 Å². The zero-order valence-electron chi connectivity index (χ0n) is 15.0. The number of likely N-dealkylation sites (tertiary alicyclic amines) is 1. The summed E-state index contributed by atoms with van der Waals surface area (Å²) in [5.41, 5.74) is 0. The number of nitrogens with zero attached hydrogens (tertiary/aromatic N) is 1. The van der Waals surface area contributed by atoms with Gasteiger partial charge in [-0.1, -0.05) is 27.2 Å². The lowest BCUT2D eigenvalue weighted by atomic mass is 9.94. The topological polar surface area (TPSA) is 98.7 Å². The minimum atomic E-state index is -0.997. The lowest BCUT2D eigenvalue weighted by molar-refractivity contribution is -0.142. The zero-order valence-corrected chi connectivity index (χ0v) is 15.0. The third-order valence-corrected chi connectivity index (χ3v) is 4.15. The second-order valence-electron chi connectivity index (χ2n) is 6.99. The van der Waals surface area contributed by atoms with Crippen molar-refractivity contribution >= 4 is 17.9 Å². The third-order valence-electron chi connectivity index (χ3n) is 4.15. The van der Waals surface area contributed by atoms with Crippen LogP contribution in [0.5, 0.6) is 0 Å². The van der Waals surface area contributed by atoms with Crippen molar-refractivity contribution in [3.05, 3.63) is 0 Å². The number of hydrogen-bond acceptors (Lipinski definition) is 3. The highest BCUT2D eigenvalue weighted by molar-refractivity contribution is 5.83. The molecule has 1 aliphatic heterocycles. The smallest absolute Gasteiger partial charge is 0.326 e. The molecular formula is C17H31N3O4. The fraction of sp³-hybridized carbons (Fsp3) is 0.824. The van der Waals surface area contributed by atoms with Gasteiger partial charge in [-0.25, -0.2) is 9.59 Å². The van der Waals surface area contributed by atoms with Crippen LogP contribution in [0.25, 0.3) is 0 Å². The van der Waals surface area contributed by atoms with E-state index >= 15 is 0 Å². The largest absolute Gasteiger partial charge is 0.480 e. The molecule has 2 atom stereocenters. The Labute approximate surface area is 144 Å². The van der Waals surface area contributed by atoms with Crippen LogP contribution in [0.15, 0.2) is 0 Å². The molecule has 2 unspecified atom stereocenters. The fourth-order valence-electron chi connectivity index (χ4n) is 2.88. The molecule has 0 aromatic carbocycles. The van der Waals surface area contributed by atoms with Gasteiger partial charge in [0.1, 0.15) is 6.04 Å². The number of carboxylic acid groups (broad SMARTS) is 1. The molecule has 7 nitrogen and oxygen atoms in total. The van der Waals surface area contributed by atoms with E-state index in [-0.39, 0.29) is 24.3 Å². The van der Waals surface area contributed by atoms with Crippen LogP contribution < -0.4 is 10.6 Å². The summed E-state index contributed by atoms with van der Waals surface area (Å²) < 4.78 is 0. The number of hydrogen-bond donors (Lipinski definition) is 3. The van der Waals surface area contributed by atoms with Crippen LogP contribution in [0.2, 0.25) is 0 Å². The molecule has 24 heavy (non-hydrogen) atoms. The van der Waals surface area contributed by atoms with Gasteiger partial charge in [0.05, 0.1) is 0 Å². The number of piperidine rings is 1. The molecule has 0 radical (unpaired) electrons. The number of amides is 3. The predicted molar refractivity (Wildman–Crippen MR) is 91.6 cm³/mol. The molecule has 3 N–H and O–H groups in total. The Morgan fingerprint density at radius 3 is 2.58 bits per heavy atom. The van der Waals surface area contributed by atoms with Crippen molar-refractivity contribution in [1.29, 1.82) is 0 Å². The summed E-state index contributed by atoms with van der Waals surface area (Å²) >= 11 is 0. The minimum absolute atomic E-state index is 0.0804. The molecule has 0 aromatic heterocycles. The highest BCUT2D eigenvalue weighted by Gasteiger charge is 2.27. The van der Waals surface area contributed by atoms with Crippen molar-refractivity contribution in [3.8, 4) is 0 Å². The van der Waals surface area contributed by atoms with Crippen LogP contribution in [0, 0.1) is 11.8 Å². The lowest BCUT2D eigenvalue weighted by Gasteiger charge is -2.33. The maximum Gasteiger partial charge on any atom is 0.326 e. The van der Waals surface area contributed by atoms with Gasteiger partial charge in [0.25, 0.3) is 0 Å². The second-order valence-corrected chi connectivity index (χ2v) is 6.99. The summed E-state index contributed by atoms with van der Waals surface area (Å²) in [6.07, 6.45) is 3.14. The molecule has 138 valence electrons. The Hall–Kier alpha value is -1.79. The van der Waals surface area contributed by atoms with E-state index < -0.39 is 12.0 Å². The van der Waals surface area contributed by atoms with Gasteiger partial charge in [0.2, 0.25) is 5.91 Å². The molecule has 0 saturated carbocycles. The van der Waals surface area contributed by atoms with Crippen molar-refractivity contribution in [1.82, 2.24) is 15.5 Å². The van der Waals surface area contributed by atoms with Gasteiger partial charge in [-0.05, 0) is 31.1 Å². The van der Waals surface area contributed by atoms with E-state index in [0.29, 0.717) is 38.4 Å². The van der Waals surface area contributed by atoms with Gasteiger partial charge in [-0.2, -0.15) is 0 Å². The number of urea groups is 1. The van der Waals surface area contributed by atoms with Gasteiger partial charge < -0.3 is 20.6 Å². The van der Waals surface area contributed by atoms with Gasteiger partial charge in [0, 0.05) is 26.1 Å². The van der Waals surface area contributed by atoms with E-state index in [4.69, 9.17) is 5.11 Å². The summed E-state index contributed by atoms with van der Waals surface area (Å²) in [6.45, 7) is 7.85. The summed E-state index contributed by atoms with van der Waals surface area (Å²) in [6, 6.07) is -0.903. The van der Waals surface area contributed by atoms with Gasteiger partial charge in [-0.3, -0.25) is 4.79 Å². The predicted octanol–water partition coefficient (Wildman–Crippen LogP) is 1.82. The maximum atomic E-state index is 12.1. The molecule has 0 spiro atoms. The monoisotopic (exact) mass is 341 g/mol. The Kier molecular flexibility index (Phi) is 8.57. The van der Waals surface area contributed by atoms with Crippen LogP contribution in [0.1, 0.15) is 52.9 Å². The first kappa shape index (κ1) is 20.3. The van der Waals surface area contributed by atoms with Crippen molar-refractivity contribution in [2.45, 2.75) is 58.9 Å². The SMILES string of the molecule is CCCC(NC(=O)CC1CCCN(C(=O)NCC(C)C)C1)C(=O)O. The first-order chi connectivity index (χ1) is 11.3. The molecule has 3 amide bonds. The van der Waals surface area contributed by atoms with Crippen molar-refractivity contribution in [2.24, 2.45) is 11.8 Å². The first-order valence-corrected chi connectivity index (χ1v) is 8.88. The molecule has 0 bridgehead atoms. The summed E-state index contributed by atoms with van der Waals surface area (Å²) in [5, 5.41) is 14.6. The highest BCUT2D eigenvalue weighted by Crippen LogP contribution is 2.20. The van der Waals surface area contributed by atoms with Crippen LogP contribution in [-0.4, -0.2) is 53.6 Å². The Bertz CT molecular complexity index is 440. The summed E-state index contributed by atoms with van der Waals surface area (Å²) in [5.74, 6) is -0.764. The standard InChI is InChI=1S/C17H31N3O4/c1-4-6-14(16(22)23)19-15(21)9-13-7-5-8-20(11-13)17(24)18-10-12(2)3/h12-14H,4-11H2,1-3H3,(H,18,24)(H,19,21)(H,22,23). The van der Waals surface area contributed by atoms with Gasteiger partial charge >= 0.3 is 12.0 Å². The van der Waals surface area contributed by atoms with Gasteiger partial charge in [-0.15, -0.1) is 0 Å². The van der Waals surface area contributed by atoms with E-state index in [1.54, 1.807) is 4.90 Å². The molecule has 0 aromatic rings. The Morgan fingerprint density at radius 2 is 2.00 bits per heavy atom. The van der Waals surface area contributed by atoms with E-state index in [0.717, 1.165) is 12.8 Å². The Morgan fingerprint density at radius 1 is 1.29 bits per heavy atom. The maximum absolute atomic E-state index is 12.1. The summed E-state index contributed by atoms with van der Waals surface area (Å²) in [4.78, 5) is 37.1. The number of aliphatic carboxylic acids is 1. The van der Waals surface area contributed by atoms with Crippen molar-refractivity contribution in [3.63, 3.8) is 0 Å². The van der Waals surface area contributed by atoms with Crippen molar-refractivity contribution in [2.75, 3.05) is 19.6 Å². The fourth-order valence-corrected chi connectivity index (χ4v) is 2.88. The quantitative estimate of drug-likeness (QED) is 0.627. The van der Waals surface area contributed by atoms with Crippen LogP contribution in [0.4, 0.5) is 4.79 Å². The number of nitrogens with one attached hydrogen (secondary N) is 2. The minimum Gasteiger partial charge on any atom is -0.480 e. The van der Waals surface area contributed by atoms with E-state index in [1.165, 1.54) is 0 Å². The average molecular weight is 341 g/mol. The number of carbonyl (C=O) groups excluding carboxylic acids is 2. The van der Waals surface area contributed by atoms with E-state index in [9.17, 15) is 14.4 Å². The lowest BCUT2D eigenvalue weighted by Crippen LogP contribution is -2.47. The number of carboxylic acids is 1. The Balaban J connectivity index is 2.45.